The first-order valence-corrected chi connectivity index (χ1v) is 4.94. The molecule has 0 aromatic heterocycles. The lowest BCUT2D eigenvalue weighted by molar-refractivity contribution is 0.401. The number of ether oxygens (including phenoxy) is 2. The summed E-state index contributed by atoms with van der Waals surface area (Å²) in [6.45, 7) is 4.00. The molecule has 0 saturated heterocycles. The minimum atomic E-state index is 0.811. The molecule has 1 aromatic carbocycles. The summed E-state index contributed by atoms with van der Waals surface area (Å²) in [5.74, 6) is 1.63. The quantitative estimate of drug-likeness (QED) is 0.796. The smallest absolute Gasteiger partial charge is 0.133 e. The van der Waals surface area contributed by atoms with Crippen LogP contribution in [0, 0.1) is 0 Å². The van der Waals surface area contributed by atoms with E-state index < -0.39 is 0 Å². The monoisotopic (exact) mass is 246 g/mol. The third-order valence-corrected chi connectivity index (χ3v) is 1.98. The van der Waals surface area contributed by atoms with Gasteiger partial charge in [0.25, 0.3) is 0 Å². The topological polar surface area (TPSA) is 18.5 Å². The maximum Gasteiger partial charge on any atom is 0.133 e. The summed E-state index contributed by atoms with van der Waals surface area (Å²) in [7, 11) is 3.26. The molecule has 74 valence electrons. The van der Waals surface area contributed by atoms with Crippen molar-refractivity contribution < 1.29 is 9.47 Å². The minimum absolute atomic E-state index is 0.811. The Kier molecular flexibility index (Phi) is 6.41. The van der Waals surface area contributed by atoms with Crippen molar-refractivity contribution in [2.24, 2.45) is 0 Å². The highest BCUT2D eigenvalue weighted by Gasteiger charge is 1.99. The van der Waals surface area contributed by atoms with Crippen LogP contribution in [0.2, 0.25) is 0 Å². The molecule has 0 atom stereocenters. The molecule has 0 aliphatic heterocycles. The standard InChI is InChI=1S/C8H9BrO2.C2H6/c1-10-6-3-4-8(11-2)7(9)5-6;1-2/h3-5H,1-2H3;1-2H3. The third-order valence-electron chi connectivity index (χ3n) is 1.36. The Morgan fingerprint density at radius 1 is 1.08 bits per heavy atom. The van der Waals surface area contributed by atoms with E-state index in [-0.39, 0.29) is 0 Å². The fraction of sp³-hybridized carbons (Fsp3) is 0.400. The van der Waals surface area contributed by atoms with Crippen LogP contribution in [-0.2, 0) is 0 Å². The van der Waals surface area contributed by atoms with Gasteiger partial charge in [-0.05, 0) is 34.1 Å². The first-order valence-electron chi connectivity index (χ1n) is 4.15. The average molecular weight is 247 g/mol. The Bertz CT molecular complexity index is 249. The van der Waals surface area contributed by atoms with E-state index in [0.717, 1.165) is 16.0 Å². The van der Waals surface area contributed by atoms with Gasteiger partial charge in [0, 0.05) is 0 Å². The Hall–Kier alpha value is -0.700. The molecule has 13 heavy (non-hydrogen) atoms. The van der Waals surface area contributed by atoms with E-state index >= 15 is 0 Å². The van der Waals surface area contributed by atoms with Gasteiger partial charge in [-0.3, -0.25) is 0 Å². The van der Waals surface area contributed by atoms with Crippen molar-refractivity contribution in [2.45, 2.75) is 13.8 Å². The second kappa shape index (κ2) is 6.78. The second-order valence-electron chi connectivity index (χ2n) is 2.00. The average Bonchev–Trinajstić information content (AvgIpc) is 2.20. The fourth-order valence-electron chi connectivity index (χ4n) is 0.774. The first-order chi connectivity index (χ1) is 6.27. The molecule has 0 radical (unpaired) electrons. The van der Waals surface area contributed by atoms with Gasteiger partial charge in [0.15, 0.2) is 0 Å². The molecule has 0 spiro atoms. The van der Waals surface area contributed by atoms with E-state index in [1.54, 1.807) is 14.2 Å². The molecule has 0 amide bonds. The molecule has 0 bridgehead atoms. The van der Waals surface area contributed by atoms with Crippen molar-refractivity contribution >= 4 is 15.9 Å². The van der Waals surface area contributed by atoms with Gasteiger partial charge < -0.3 is 9.47 Å². The van der Waals surface area contributed by atoms with Crippen molar-refractivity contribution in [2.75, 3.05) is 14.2 Å². The van der Waals surface area contributed by atoms with Gasteiger partial charge in [0.1, 0.15) is 11.5 Å². The number of benzene rings is 1. The van der Waals surface area contributed by atoms with Crippen LogP contribution in [-0.4, -0.2) is 14.2 Å². The molecule has 0 unspecified atom stereocenters. The van der Waals surface area contributed by atoms with E-state index in [1.807, 2.05) is 32.0 Å². The van der Waals surface area contributed by atoms with Crippen molar-refractivity contribution in [1.82, 2.24) is 0 Å². The molecule has 1 rings (SSSR count). The van der Waals surface area contributed by atoms with Crippen LogP contribution < -0.4 is 9.47 Å². The zero-order chi connectivity index (χ0) is 10.3. The molecule has 2 nitrogen and oxygen atoms in total. The van der Waals surface area contributed by atoms with Crippen LogP contribution in [0.15, 0.2) is 22.7 Å². The fourth-order valence-corrected chi connectivity index (χ4v) is 1.29. The maximum atomic E-state index is 5.04. The Labute approximate surface area is 88.0 Å². The van der Waals surface area contributed by atoms with Crippen LogP contribution in [0.1, 0.15) is 13.8 Å². The van der Waals surface area contributed by atoms with Gasteiger partial charge in [-0.25, -0.2) is 0 Å². The number of hydrogen-bond donors (Lipinski definition) is 0. The van der Waals surface area contributed by atoms with Gasteiger partial charge >= 0.3 is 0 Å². The molecule has 1 aromatic rings. The lowest BCUT2D eigenvalue weighted by atomic mass is 10.3. The van der Waals surface area contributed by atoms with Crippen molar-refractivity contribution in [3.8, 4) is 11.5 Å². The first kappa shape index (κ1) is 12.3. The Morgan fingerprint density at radius 2 is 1.69 bits per heavy atom. The predicted octanol–water partition coefficient (Wildman–Crippen LogP) is 3.49. The van der Waals surface area contributed by atoms with Gasteiger partial charge in [-0.2, -0.15) is 0 Å². The molecule has 0 aliphatic rings. The molecular formula is C10H15BrO2. The Morgan fingerprint density at radius 3 is 2.08 bits per heavy atom. The number of methoxy groups -OCH3 is 2. The summed E-state index contributed by atoms with van der Waals surface area (Å²) in [4.78, 5) is 0. The summed E-state index contributed by atoms with van der Waals surface area (Å²) < 4.78 is 11.0. The zero-order valence-electron chi connectivity index (χ0n) is 8.43. The highest BCUT2D eigenvalue weighted by atomic mass is 79.9. The maximum absolute atomic E-state index is 5.04. The van der Waals surface area contributed by atoms with E-state index in [9.17, 15) is 0 Å². The molecule has 0 N–H and O–H groups in total. The summed E-state index contributed by atoms with van der Waals surface area (Å²) in [6, 6.07) is 5.56. The SMILES string of the molecule is CC.COc1ccc(OC)c(Br)c1. The highest BCUT2D eigenvalue weighted by Crippen LogP contribution is 2.28. The number of hydrogen-bond acceptors (Lipinski definition) is 2. The molecule has 3 heteroatoms. The van der Waals surface area contributed by atoms with Crippen LogP contribution >= 0.6 is 15.9 Å². The van der Waals surface area contributed by atoms with Crippen molar-refractivity contribution in [3.05, 3.63) is 22.7 Å². The Balaban J connectivity index is 0.000000671. The van der Waals surface area contributed by atoms with Gasteiger partial charge in [0.2, 0.25) is 0 Å². The van der Waals surface area contributed by atoms with Crippen LogP contribution in [0.4, 0.5) is 0 Å². The summed E-state index contributed by atoms with van der Waals surface area (Å²) >= 11 is 3.34. The number of rotatable bonds is 2. The second-order valence-corrected chi connectivity index (χ2v) is 2.85. The van der Waals surface area contributed by atoms with Crippen molar-refractivity contribution in [1.29, 1.82) is 0 Å². The van der Waals surface area contributed by atoms with E-state index in [1.165, 1.54) is 0 Å². The summed E-state index contributed by atoms with van der Waals surface area (Å²) in [5, 5.41) is 0. The molecule has 0 aliphatic carbocycles. The third kappa shape index (κ3) is 3.68. The number of halogens is 1. The summed E-state index contributed by atoms with van der Waals surface area (Å²) in [5.41, 5.74) is 0. The molecular weight excluding hydrogens is 232 g/mol. The highest BCUT2D eigenvalue weighted by molar-refractivity contribution is 9.10. The molecule has 0 fully saturated rings. The van der Waals surface area contributed by atoms with Crippen molar-refractivity contribution in [3.63, 3.8) is 0 Å². The lowest BCUT2D eigenvalue weighted by Crippen LogP contribution is -1.86. The summed E-state index contributed by atoms with van der Waals surface area (Å²) in [6.07, 6.45) is 0. The van der Waals surface area contributed by atoms with Crippen LogP contribution in [0.25, 0.3) is 0 Å². The largest absolute Gasteiger partial charge is 0.497 e. The molecule has 0 saturated carbocycles. The van der Waals surface area contributed by atoms with Crippen LogP contribution in [0.5, 0.6) is 11.5 Å². The van der Waals surface area contributed by atoms with E-state index in [0.29, 0.717) is 0 Å². The minimum Gasteiger partial charge on any atom is -0.497 e. The van der Waals surface area contributed by atoms with Gasteiger partial charge in [0.05, 0.1) is 18.7 Å². The van der Waals surface area contributed by atoms with E-state index in [2.05, 4.69) is 15.9 Å². The lowest BCUT2D eigenvalue weighted by Gasteiger charge is -2.04. The van der Waals surface area contributed by atoms with Crippen LogP contribution in [0.3, 0.4) is 0 Å². The normalized spacial score (nSPS) is 8.38. The van der Waals surface area contributed by atoms with E-state index in [4.69, 9.17) is 9.47 Å². The zero-order valence-corrected chi connectivity index (χ0v) is 10.0. The van der Waals surface area contributed by atoms with Gasteiger partial charge in [-0.15, -0.1) is 0 Å². The molecule has 0 heterocycles. The van der Waals surface area contributed by atoms with Gasteiger partial charge in [-0.1, -0.05) is 13.8 Å². The predicted molar refractivity (Wildman–Crippen MR) is 58.6 cm³/mol.